The second kappa shape index (κ2) is 7.27. The Bertz CT molecular complexity index is 581. The molecule has 0 amide bonds. The van der Waals surface area contributed by atoms with E-state index in [-0.39, 0.29) is 0 Å². The SMILES string of the molecule is CCC(CC)N(CCOC)c1ccc2ncccc2c1N. The van der Waals surface area contributed by atoms with E-state index in [2.05, 4.69) is 29.8 Å². The summed E-state index contributed by atoms with van der Waals surface area (Å²) >= 11 is 0. The monoisotopic (exact) mass is 287 g/mol. The van der Waals surface area contributed by atoms with E-state index >= 15 is 0 Å². The summed E-state index contributed by atoms with van der Waals surface area (Å²) < 4.78 is 5.27. The molecule has 0 aliphatic heterocycles. The van der Waals surface area contributed by atoms with Gasteiger partial charge >= 0.3 is 0 Å². The zero-order valence-corrected chi connectivity index (χ0v) is 13.2. The maximum absolute atomic E-state index is 6.42. The fourth-order valence-corrected chi connectivity index (χ4v) is 2.83. The number of anilines is 2. The molecule has 0 atom stereocenters. The van der Waals surface area contributed by atoms with Crippen molar-refractivity contribution in [3.8, 4) is 0 Å². The van der Waals surface area contributed by atoms with Gasteiger partial charge in [-0.15, -0.1) is 0 Å². The predicted molar refractivity (Wildman–Crippen MR) is 89.7 cm³/mol. The number of fused-ring (bicyclic) bond motifs is 1. The Balaban J connectivity index is 2.45. The van der Waals surface area contributed by atoms with Crippen molar-refractivity contribution >= 4 is 22.3 Å². The Morgan fingerprint density at radius 3 is 2.67 bits per heavy atom. The third kappa shape index (κ3) is 3.27. The normalized spacial score (nSPS) is 11.2. The molecule has 4 nitrogen and oxygen atoms in total. The first-order valence-corrected chi connectivity index (χ1v) is 7.61. The topological polar surface area (TPSA) is 51.4 Å². The van der Waals surface area contributed by atoms with Gasteiger partial charge in [0.25, 0.3) is 0 Å². The van der Waals surface area contributed by atoms with Crippen LogP contribution < -0.4 is 10.6 Å². The smallest absolute Gasteiger partial charge is 0.0724 e. The number of pyridine rings is 1. The van der Waals surface area contributed by atoms with Crippen LogP contribution in [0.2, 0.25) is 0 Å². The van der Waals surface area contributed by atoms with Crippen molar-refractivity contribution in [2.45, 2.75) is 32.7 Å². The molecule has 0 saturated carbocycles. The number of benzene rings is 1. The Hall–Kier alpha value is -1.81. The van der Waals surface area contributed by atoms with Gasteiger partial charge in [0.05, 0.1) is 23.5 Å². The number of hydrogen-bond donors (Lipinski definition) is 1. The maximum Gasteiger partial charge on any atom is 0.0724 e. The Morgan fingerprint density at radius 1 is 1.24 bits per heavy atom. The molecule has 0 aliphatic rings. The van der Waals surface area contributed by atoms with E-state index in [9.17, 15) is 0 Å². The minimum Gasteiger partial charge on any atom is -0.396 e. The van der Waals surface area contributed by atoms with Crippen LogP contribution in [-0.2, 0) is 4.74 Å². The number of methoxy groups -OCH3 is 1. The van der Waals surface area contributed by atoms with E-state index in [0.29, 0.717) is 12.6 Å². The van der Waals surface area contributed by atoms with Gasteiger partial charge in [0.1, 0.15) is 0 Å². The number of hydrogen-bond acceptors (Lipinski definition) is 4. The molecular formula is C17H25N3O. The summed E-state index contributed by atoms with van der Waals surface area (Å²) in [5, 5.41) is 1.02. The lowest BCUT2D eigenvalue weighted by Gasteiger charge is -2.33. The summed E-state index contributed by atoms with van der Waals surface area (Å²) in [5.41, 5.74) is 9.25. The number of ether oxygens (including phenoxy) is 1. The van der Waals surface area contributed by atoms with Crippen LogP contribution in [0.1, 0.15) is 26.7 Å². The predicted octanol–water partition coefficient (Wildman–Crippen LogP) is 3.46. The van der Waals surface area contributed by atoms with Crippen molar-refractivity contribution in [1.29, 1.82) is 0 Å². The summed E-state index contributed by atoms with van der Waals surface area (Å²) in [6.07, 6.45) is 3.97. The molecule has 0 unspecified atom stereocenters. The van der Waals surface area contributed by atoms with Gasteiger partial charge in [-0.25, -0.2) is 0 Å². The summed E-state index contributed by atoms with van der Waals surface area (Å²) in [6, 6.07) is 8.56. The van der Waals surface area contributed by atoms with Gasteiger partial charge in [0.2, 0.25) is 0 Å². The number of nitrogen functional groups attached to an aromatic ring is 1. The molecule has 114 valence electrons. The number of nitrogens with zero attached hydrogens (tertiary/aromatic N) is 2. The van der Waals surface area contributed by atoms with E-state index in [1.54, 1.807) is 13.3 Å². The molecule has 0 spiro atoms. The minimum atomic E-state index is 0.469. The van der Waals surface area contributed by atoms with Crippen LogP contribution in [-0.4, -0.2) is 31.3 Å². The fraction of sp³-hybridized carbons (Fsp3) is 0.471. The molecule has 1 aromatic carbocycles. The zero-order valence-electron chi connectivity index (χ0n) is 13.2. The van der Waals surface area contributed by atoms with Crippen molar-refractivity contribution < 1.29 is 4.74 Å². The fourth-order valence-electron chi connectivity index (χ4n) is 2.83. The van der Waals surface area contributed by atoms with Gasteiger partial charge in [-0.2, -0.15) is 0 Å². The van der Waals surface area contributed by atoms with Gasteiger partial charge in [0, 0.05) is 31.3 Å². The van der Waals surface area contributed by atoms with Crippen molar-refractivity contribution in [3.63, 3.8) is 0 Å². The molecule has 4 heteroatoms. The van der Waals surface area contributed by atoms with Crippen LogP contribution in [0.25, 0.3) is 10.9 Å². The van der Waals surface area contributed by atoms with Crippen molar-refractivity contribution in [3.05, 3.63) is 30.5 Å². The van der Waals surface area contributed by atoms with Gasteiger partial charge in [-0.3, -0.25) is 4.98 Å². The first kappa shape index (κ1) is 15.6. The van der Waals surface area contributed by atoms with Crippen molar-refractivity contribution in [2.75, 3.05) is 30.9 Å². The summed E-state index contributed by atoms with van der Waals surface area (Å²) in [4.78, 5) is 6.73. The molecule has 0 saturated heterocycles. The standard InChI is InChI=1S/C17H25N3O/c1-4-13(5-2)20(11-12-21-3)16-9-8-15-14(17(16)18)7-6-10-19-15/h6-10,13H,4-5,11-12,18H2,1-3H3. The molecular weight excluding hydrogens is 262 g/mol. The van der Waals surface area contributed by atoms with Gasteiger partial charge in [-0.05, 0) is 37.1 Å². The average Bonchev–Trinajstić information content (AvgIpc) is 2.53. The summed E-state index contributed by atoms with van der Waals surface area (Å²) in [7, 11) is 1.73. The third-order valence-electron chi connectivity index (χ3n) is 4.03. The Morgan fingerprint density at radius 2 is 2.00 bits per heavy atom. The number of aromatic nitrogens is 1. The second-order valence-corrected chi connectivity index (χ2v) is 5.22. The molecule has 2 rings (SSSR count). The molecule has 2 aromatic rings. The van der Waals surface area contributed by atoms with Crippen LogP contribution in [0.5, 0.6) is 0 Å². The van der Waals surface area contributed by atoms with E-state index in [1.807, 2.05) is 18.2 Å². The first-order valence-electron chi connectivity index (χ1n) is 7.61. The molecule has 0 aliphatic carbocycles. The average molecular weight is 287 g/mol. The van der Waals surface area contributed by atoms with Crippen molar-refractivity contribution in [2.24, 2.45) is 0 Å². The van der Waals surface area contributed by atoms with Crippen LogP contribution in [0.15, 0.2) is 30.5 Å². The highest BCUT2D eigenvalue weighted by molar-refractivity contribution is 5.97. The lowest BCUT2D eigenvalue weighted by molar-refractivity contribution is 0.202. The summed E-state index contributed by atoms with van der Waals surface area (Å²) in [5.74, 6) is 0. The number of rotatable bonds is 7. The molecule has 0 bridgehead atoms. The molecule has 1 heterocycles. The molecule has 2 N–H and O–H groups in total. The summed E-state index contributed by atoms with van der Waals surface area (Å²) in [6.45, 7) is 5.97. The molecule has 21 heavy (non-hydrogen) atoms. The van der Waals surface area contributed by atoms with Crippen LogP contribution in [0, 0.1) is 0 Å². The third-order valence-corrected chi connectivity index (χ3v) is 4.03. The van der Waals surface area contributed by atoms with Gasteiger partial charge < -0.3 is 15.4 Å². The van der Waals surface area contributed by atoms with Gasteiger partial charge in [-0.1, -0.05) is 13.8 Å². The minimum absolute atomic E-state index is 0.469. The van der Waals surface area contributed by atoms with Crippen LogP contribution in [0.3, 0.4) is 0 Å². The molecule has 0 fully saturated rings. The molecule has 0 radical (unpaired) electrons. The maximum atomic E-state index is 6.42. The first-order chi connectivity index (χ1) is 10.2. The largest absolute Gasteiger partial charge is 0.396 e. The molecule has 1 aromatic heterocycles. The van der Waals surface area contributed by atoms with E-state index < -0.39 is 0 Å². The highest BCUT2D eigenvalue weighted by atomic mass is 16.5. The second-order valence-electron chi connectivity index (χ2n) is 5.22. The quantitative estimate of drug-likeness (QED) is 0.792. The lowest BCUT2D eigenvalue weighted by Crippen LogP contribution is -2.37. The van der Waals surface area contributed by atoms with E-state index in [4.69, 9.17) is 10.5 Å². The highest BCUT2D eigenvalue weighted by Crippen LogP contribution is 2.32. The van der Waals surface area contributed by atoms with Crippen molar-refractivity contribution in [1.82, 2.24) is 4.98 Å². The highest BCUT2D eigenvalue weighted by Gasteiger charge is 2.18. The van der Waals surface area contributed by atoms with Crippen LogP contribution in [0.4, 0.5) is 11.4 Å². The van der Waals surface area contributed by atoms with Gasteiger partial charge in [0.15, 0.2) is 0 Å². The number of nitrogens with two attached hydrogens (primary N) is 1. The Kier molecular flexibility index (Phi) is 5.39. The Labute approximate surface area is 126 Å². The lowest BCUT2D eigenvalue weighted by atomic mass is 10.1. The van der Waals surface area contributed by atoms with E-state index in [0.717, 1.165) is 41.7 Å². The van der Waals surface area contributed by atoms with Crippen LogP contribution >= 0.6 is 0 Å². The zero-order chi connectivity index (χ0) is 15.2. The van der Waals surface area contributed by atoms with E-state index in [1.165, 1.54) is 0 Å².